The Hall–Kier alpha value is -1.10. The maximum absolute atomic E-state index is 13.0. The SMILES string of the molecule is Fc1ccc(CNCC2CCC2)cc1C(F)(F)F. The summed E-state index contributed by atoms with van der Waals surface area (Å²) >= 11 is 0. The van der Waals surface area contributed by atoms with Crippen molar-refractivity contribution in [3.63, 3.8) is 0 Å². The van der Waals surface area contributed by atoms with Crippen molar-refractivity contribution < 1.29 is 17.6 Å². The Morgan fingerprint density at radius 1 is 1.22 bits per heavy atom. The van der Waals surface area contributed by atoms with Crippen molar-refractivity contribution in [2.75, 3.05) is 6.54 Å². The van der Waals surface area contributed by atoms with E-state index in [0.29, 0.717) is 18.0 Å². The maximum Gasteiger partial charge on any atom is 0.419 e. The summed E-state index contributed by atoms with van der Waals surface area (Å²) in [5.74, 6) is -0.572. The van der Waals surface area contributed by atoms with Gasteiger partial charge in [0.05, 0.1) is 5.56 Å². The summed E-state index contributed by atoms with van der Waals surface area (Å²) < 4.78 is 50.5. The third-order valence-electron chi connectivity index (χ3n) is 3.32. The Labute approximate surface area is 103 Å². The van der Waals surface area contributed by atoms with Crippen LogP contribution < -0.4 is 5.32 Å². The van der Waals surface area contributed by atoms with E-state index in [1.165, 1.54) is 25.3 Å². The lowest BCUT2D eigenvalue weighted by molar-refractivity contribution is -0.140. The summed E-state index contributed by atoms with van der Waals surface area (Å²) in [7, 11) is 0. The molecule has 0 aliphatic heterocycles. The molecular formula is C13H15F4N. The normalized spacial score (nSPS) is 16.7. The fourth-order valence-electron chi connectivity index (χ4n) is 2.02. The van der Waals surface area contributed by atoms with Crippen LogP contribution in [0.3, 0.4) is 0 Å². The molecule has 1 aromatic carbocycles. The summed E-state index contributed by atoms with van der Waals surface area (Å²) in [6.07, 6.45) is -1.02. The molecule has 1 aromatic rings. The molecule has 1 aliphatic carbocycles. The van der Waals surface area contributed by atoms with Gasteiger partial charge in [0, 0.05) is 6.54 Å². The number of nitrogens with one attached hydrogen (secondary N) is 1. The lowest BCUT2D eigenvalue weighted by atomic mass is 9.85. The van der Waals surface area contributed by atoms with E-state index in [1.807, 2.05) is 0 Å². The van der Waals surface area contributed by atoms with Crippen molar-refractivity contribution in [2.24, 2.45) is 5.92 Å². The van der Waals surface area contributed by atoms with Crippen molar-refractivity contribution in [2.45, 2.75) is 32.0 Å². The van der Waals surface area contributed by atoms with Gasteiger partial charge in [0.15, 0.2) is 0 Å². The van der Waals surface area contributed by atoms with Crippen LogP contribution in [-0.4, -0.2) is 6.54 Å². The van der Waals surface area contributed by atoms with Gasteiger partial charge in [-0.1, -0.05) is 12.5 Å². The predicted molar refractivity (Wildman–Crippen MR) is 60.4 cm³/mol. The maximum atomic E-state index is 13.0. The van der Waals surface area contributed by atoms with Crippen LogP contribution in [0, 0.1) is 11.7 Å². The Balaban J connectivity index is 1.95. The first-order valence-electron chi connectivity index (χ1n) is 6.03. The van der Waals surface area contributed by atoms with Crippen molar-refractivity contribution in [1.29, 1.82) is 0 Å². The van der Waals surface area contributed by atoms with E-state index in [-0.39, 0.29) is 0 Å². The first-order chi connectivity index (χ1) is 8.47. The lowest BCUT2D eigenvalue weighted by Gasteiger charge is -2.25. The molecule has 5 heteroatoms. The van der Waals surface area contributed by atoms with Gasteiger partial charge < -0.3 is 5.32 Å². The van der Waals surface area contributed by atoms with Crippen molar-refractivity contribution in [3.05, 3.63) is 35.1 Å². The van der Waals surface area contributed by atoms with Crippen LogP contribution in [0.2, 0.25) is 0 Å². The van der Waals surface area contributed by atoms with Crippen LogP contribution in [0.5, 0.6) is 0 Å². The topological polar surface area (TPSA) is 12.0 Å². The van der Waals surface area contributed by atoms with Gasteiger partial charge >= 0.3 is 6.18 Å². The zero-order valence-electron chi connectivity index (χ0n) is 9.86. The quantitative estimate of drug-likeness (QED) is 0.814. The second-order valence-corrected chi connectivity index (χ2v) is 4.74. The van der Waals surface area contributed by atoms with Crippen LogP contribution in [0.1, 0.15) is 30.4 Å². The molecule has 100 valence electrons. The van der Waals surface area contributed by atoms with Crippen LogP contribution in [0.15, 0.2) is 18.2 Å². The Bertz CT molecular complexity index is 410. The standard InChI is InChI=1S/C13H15F4N/c14-12-5-4-10(6-11(12)13(15,16)17)8-18-7-9-2-1-3-9/h4-6,9,18H,1-3,7-8H2. The minimum absolute atomic E-state index is 0.347. The zero-order valence-corrected chi connectivity index (χ0v) is 9.86. The zero-order chi connectivity index (χ0) is 13.2. The highest BCUT2D eigenvalue weighted by Gasteiger charge is 2.34. The highest BCUT2D eigenvalue weighted by Crippen LogP contribution is 2.32. The fraction of sp³-hybridized carbons (Fsp3) is 0.538. The van der Waals surface area contributed by atoms with Crippen LogP contribution in [0.25, 0.3) is 0 Å². The molecule has 0 spiro atoms. The minimum Gasteiger partial charge on any atom is -0.312 e. The van der Waals surface area contributed by atoms with E-state index < -0.39 is 17.6 Å². The molecule has 0 bridgehead atoms. The van der Waals surface area contributed by atoms with Gasteiger partial charge in [-0.3, -0.25) is 0 Å². The van der Waals surface area contributed by atoms with E-state index in [1.54, 1.807) is 0 Å². The third kappa shape index (κ3) is 3.22. The molecule has 1 saturated carbocycles. The van der Waals surface area contributed by atoms with E-state index in [2.05, 4.69) is 5.32 Å². The lowest BCUT2D eigenvalue weighted by Crippen LogP contribution is -2.27. The van der Waals surface area contributed by atoms with Crippen LogP contribution in [0.4, 0.5) is 17.6 Å². The van der Waals surface area contributed by atoms with E-state index in [0.717, 1.165) is 18.7 Å². The van der Waals surface area contributed by atoms with Crippen LogP contribution >= 0.6 is 0 Å². The first-order valence-corrected chi connectivity index (χ1v) is 6.03. The number of benzene rings is 1. The van der Waals surface area contributed by atoms with Gasteiger partial charge in [-0.2, -0.15) is 13.2 Å². The second kappa shape index (κ2) is 5.26. The second-order valence-electron chi connectivity index (χ2n) is 4.74. The molecular weight excluding hydrogens is 246 g/mol. The summed E-state index contributed by atoms with van der Waals surface area (Å²) in [6.45, 7) is 1.17. The number of halogens is 4. The van der Waals surface area contributed by atoms with E-state index in [4.69, 9.17) is 0 Å². The molecule has 0 heterocycles. The van der Waals surface area contributed by atoms with E-state index >= 15 is 0 Å². The number of hydrogen-bond acceptors (Lipinski definition) is 1. The molecule has 1 nitrogen and oxygen atoms in total. The summed E-state index contributed by atoms with van der Waals surface area (Å²) in [6, 6.07) is 3.14. The Morgan fingerprint density at radius 2 is 1.94 bits per heavy atom. The molecule has 1 aliphatic rings. The first kappa shape index (κ1) is 13.3. The average molecular weight is 261 g/mol. The molecule has 0 radical (unpaired) electrons. The predicted octanol–water partition coefficient (Wildman–Crippen LogP) is 3.73. The van der Waals surface area contributed by atoms with Gasteiger partial charge in [0.1, 0.15) is 5.82 Å². The van der Waals surface area contributed by atoms with Crippen molar-refractivity contribution >= 4 is 0 Å². The van der Waals surface area contributed by atoms with Crippen LogP contribution in [-0.2, 0) is 12.7 Å². The fourth-order valence-corrected chi connectivity index (χ4v) is 2.02. The average Bonchev–Trinajstić information content (AvgIpc) is 2.22. The highest BCUT2D eigenvalue weighted by atomic mass is 19.4. The van der Waals surface area contributed by atoms with Gasteiger partial charge in [-0.05, 0) is 43.0 Å². The van der Waals surface area contributed by atoms with E-state index in [9.17, 15) is 17.6 Å². The van der Waals surface area contributed by atoms with Crippen molar-refractivity contribution in [1.82, 2.24) is 5.32 Å². The van der Waals surface area contributed by atoms with Gasteiger partial charge in [0.25, 0.3) is 0 Å². The number of rotatable bonds is 4. The summed E-state index contributed by atoms with van der Waals surface area (Å²) in [5, 5.41) is 3.11. The monoisotopic (exact) mass is 261 g/mol. The Kier molecular flexibility index (Phi) is 3.90. The molecule has 0 aromatic heterocycles. The number of alkyl halides is 3. The molecule has 0 atom stereocenters. The smallest absolute Gasteiger partial charge is 0.312 e. The van der Waals surface area contributed by atoms with Crippen molar-refractivity contribution in [3.8, 4) is 0 Å². The molecule has 0 saturated heterocycles. The number of hydrogen-bond donors (Lipinski definition) is 1. The highest BCUT2D eigenvalue weighted by molar-refractivity contribution is 5.27. The molecule has 18 heavy (non-hydrogen) atoms. The van der Waals surface area contributed by atoms with Gasteiger partial charge in [0.2, 0.25) is 0 Å². The molecule has 0 amide bonds. The Morgan fingerprint density at radius 3 is 2.50 bits per heavy atom. The van der Waals surface area contributed by atoms with Gasteiger partial charge in [-0.15, -0.1) is 0 Å². The third-order valence-corrected chi connectivity index (χ3v) is 3.32. The van der Waals surface area contributed by atoms with Gasteiger partial charge in [-0.25, -0.2) is 4.39 Å². The molecule has 1 N–H and O–H groups in total. The minimum atomic E-state index is -4.63. The molecule has 0 unspecified atom stereocenters. The largest absolute Gasteiger partial charge is 0.419 e. The summed E-state index contributed by atoms with van der Waals surface area (Å²) in [4.78, 5) is 0. The summed E-state index contributed by atoms with van der Waals surface area (Å²) in [5.41, 5.74) is -0.728. The molecule has 2 rings (SSSR count). The molecule has 1 fully saturated rings.